The highest BCUT2D eigenvalue weighted by Crippen LogP contribution is 2.34. The van der Waals surface area contributed by atoms with Crippen molar-refractivity contribution >= 4 is 21.6 Å². The van der Waals surface area contributed by atoms with Gasteiger partial charge in [-0.05, 0) is 0 Å². The van der Waals surface area contributed by atoms with Gasteiger partial charge in [-0.15, -0.1) is 0 Å². The van der Waals surface area contributed by atoms with Crippen LogP contribution >= 0.6 is 15.9 Å². The number of halogens is 3. The minimum atomic E-state index is -2.80. The first-order chi connectivity index (χ1) is 7.51. The Kier molecular flexibility index (Phi) is 4.11. The first kappa shape index (κ1) is 12.8. The van der Waals surface area contributed by atoms with Crippen LogP contribution < -0.4 is 4.74 Å². The molecule has 0 unspecified atom stereocenters. The molecule has 1 aromatic rings. The summed E-state index contributed by atoms with van der Waals surface area (Å²) in [6.07, 6.45) is -2.80. The second-order valence-corrected chi connectivity index (χ2v) is 3.30. The van der Waals surface area contributed by atoms with Gasteiger partial charge in [0.05, 0.1) is 17.4 Å². The molecular formula is C8H7BrF2N2O3. The van der Waals surface area contributed by atoms with Gasteiger partial charge in [0.25, 0.3) is 6.43 Å². The van der Waals surface area contributed by atoms with E-state index in [1.54, 1.807) is 0 Å². The van der Waals surface area contributed by atoms with Gasteiger partial charge in [0.1, 0.15) is 11.4 Å². The van der Waals surface area contributed by atoms with Crippen LogP contribution in [-0.2, 0) is 5.33 Å². The first-order valence-electron chi connectivity index (χ1n) is 4.07. The van der Waals surface area contributed by atoms with E-state index in [-0.39, 0.29) is 16.8 Å². The van der Waals surface area contributed by atoms with Crippen molar-refractivity contribution in [2.24, 2.45) is 0 Å². The van der Waals surface area contributed by atoms with E-state index in [2.05, 4.69) is 20.9 Å². The highest BCUT2D eigenvalue weighted by molar-refractivity contribution is 9.08. The highest BCUT2D eigenvalue weighted by atomic mass is 79.9. The predicted octanol–water partition coefficient (Wildman–Crippen LogP) is 2.83. The predicted molar refractivity (Wildman–Crippen MR) is 55.0 cm³/mol. The maximum absolute atomic E-state index is 12.4. The topological polar surface area (TPSA) is 65.3 Å². The normalized spacial score (nSPS) is 10.6. The lowest BCUT2D eigenvalue weighted by atomic mass is 10.2. The van der Waals surface area contributed by atoms with Crippen LogP contribution in [0.4, 0.5) is 14.5 Å². The lowest BCUT2D eigenvalue weighted by Gasteiger charge is -2.07. The third-order valence-electron chi connectivity index (χ3n) is 1.80. The maximum atomic E-state index is 12.4. The van der Waals surface area contributed by atoms with Crippen molar-refractivity contribution in [1.29, 1.82) is 0 Å². The fraction of sp³-hybridized carbons (Fsp3) is 0.375. The van der Waals surface area contributed by atoms with Crippen molar-refractivity contribution in [2.45, 2.75) is 11.8 Å². The summed E-state index contributed by atoms with van der Waals surface area (Å²) in [4.78, 5) is 13.5. The van der Waals surface area contributed by atoms with Crippen LogP contribution in [0, 0.1) is 10.1 Å². The zero-order valence-corrected chi connectivity index (χ0v) is 9.70. The molecule has 0 aliphatic heterocycles. The molecule has 1 heterocycles. The van der Waals surface area contributed by atoms with Gasteiger partial charge in [-0.3, -0.25) is 10.1 Å². The standard InChI is InChI=1S/C8H7BrF2N2O3/c1-16-6-2-4(8(10)11)12-5(3-9)7(6)13(14)15/h2,8H,3H2,1H3. The molecular weight excluding hydrogens is 290 g/mol. The van der Waals surface area contributed by atoms with Crippen LogP contribution in [0.2, 0.25) is 0 Å². The number of methoxy groups -OCH3 is 1. The minimum Gasteiger partial charge on any atom is -0.490 e. The lowest BCUT2D eigenvalue weighted by molar-refractivity contribution is -0.386. The number of ether oxygens (including phenoxy) is 1. The number of rotatable bonds is 4. The molecule has 5 nitrogen and oxygen atoms in total. The van der Waals surface area contributed by atoms with Crippen molar-refractivity contribution < 1.29 is 18.4 Å². The molecule has 8 heteroatoms. The van der Waals surface area contributed by atoms with Crippen molar-refractivity contribution in [2.75, 3.05) is 7.11 Å². The second kappa shape index (κ2) is 5.15. The summed E-state index contributed by atoms with van der Waals surface area (Å²) in [7, 11) is 1.18. The largest absolute Gasteiger partial charge is 0.490 e. The summed E-state index contributed by atoms with van der Waals surface area (Å²) in [6.45, 7) is 0. The Bertz CT molecular complexity index is 389. The zero-order valence-electron chi connectivity index (χ0n) is 8.11. The summed E-state index contributed by atoms with van der Waals surface area (Å²) in [5.41, 5.74) is -1.03. The molecule has 0 spiro atoms. The molecule has 0 saturated carbocycles. The number of hydrogen-bond donors (Lipinski definition) is 0. The van der Waals surface area contributed by atoms with Gasteiger partial charge < -0.3 is 4.74 Å². The monoisotopic (exact) mass is 296 g/mol. The van der Waals surface area contributed by atoms with Crippen LogP contribution in [0.25, 0.3) is 0 Å². The van der Waals surface area contributed by atoms with E-state index < -0.39 is 22.7 Å². The van der Waals surface area contributed by atoms with Crippen LogP contribution in [-0.4, -0.2) is 17.0 Å². The molecule has 0 saturated heterocycles. The number of nitro groups is 1. The molecule has 16 heavy (non-hydrogen) atoms. The maximum Gasteiger partial charge on any atom is 0.333 e. The SMILES string of the molecule is COc1cc(C(F)F)nc(CBr)c1[N+](=O)[O-]. The van der Waals surface area contributed by atoms with Crippen molar-refractivity contribution in [3.63, 3.8) is 0 Å². The van der Waals surface area contributed by atoms with Crippen LogP contribution in [0.5, 0.6) is 5.75 Å². The Morgan fingerprint density at radius 3 is 2.69 bits per heavy atom. The summed E-state index contributed by atoms with van der Waals surface area (Å²) in [6, 6.07) is 0.870. The molecule has 0 radical (unpaired) electrons. The van der Waals surface area contributed by atoms with Crippen molar-refractivity contribution in [3.05, 3.63) is 27.6 Å². The van der Waals surface area contributed by atoms with E-state index in [1.165, 1.54) is 7.11 Å². The van der Waals surface area contributed by atoms with Gasteiger partial charge in [-0.25, -0.2) is 13.8 Å². The summed E-state index contributed by atoms with van der Waals surface area (Å²) in [5, 5.41) is 10.7. The van der Waals surface area contributed by atoms with Gasteiger partial charge in [0.15, 0.2) is 0 Å². The van der Waals surface area contributed by atoms with Crippen LogP contribution in [0.1, 0.15) is 17.8 Å². The zero-order chi connectivity index (χ0) is 12.3. The fourth-order valence-electron chi connectivity index (χ4n) is 1.14. The van der Waals surface area contributed by atoms with Crippen molar-refractivity contribution in [3.8, 4) is 5.75 Å². The Hall–Kier alpha value is -1.31. The summed E-state index contributed by atoms with van der Waals surface area (Å²) in [5.74, 6) is -0.218. The number of pyridine rings is 1. The molecule has 0 bridgehead atoms. The van der Waals surface area contributed by atoms with Crippen molar-refractivity contribution in [1.82, 2.24) is 4.98 Å². The van der Waals surface area contributed by atoms with E-state index in [4.69, 9.17) is 4.74 Å². The Morgan fingerprint density at radius 2 is 2.31 bits per heavy atom. The number of hydrogen-bond acceptors (Lipinski definition) is 4. The molecule has 0 aromatic carbocycles. The minimum absolute atomic E-state index is 0.000231. The molecule has 1 rings (SSSR count). The van der Waals surface area contributed by atoms with Gasteiger partial charge in [0, 0.05) is 6.07 Å². The van der Waals surface area contributed by atoms with Gasteiger partial charge in [-0.1, -0.05) is 15.9 Å². The first-order valence-corrected chi connectivity index (χ1v) is 5.19. The summed E-state index contributed by atoms with van der Waals surface area (Å²) >= 11 is 2.96. The van der Waals surface area contributed by atoms with Crippen LogP contribution in [0.15, 0.2) is 6.07 Å². The second-order valence-electron chi connectivity index (χ2n) is 2.74. The molecule has 88 valence electrons. The molecule has 1 aromatic heterocycles. The highest BCUT2D eigenvalue weighted by Gasteiger charge is 2.25. The van der Waals surface area contributed by atoms with E-state index in [0.717, 1.165) is 6.07 Å². The Labute approximate surface area is 97.7 Å². The molecule has 0 aliphatic rings. The molecule has 0 atom stereocenters. The third kappa shape index (κ3) is 2.43. The molecule has 0 amide bonds. The molecule has 0 aliphatic carbocycles. The average molecular weight is 297 g/mol. The summed E-state index contributed by atoms with van der Waals surface area (Å²) < 4.78 is 29.6. The fourth-order valence-corrected chi connectivity index (χ4v) is 1.53. The number of nitrogens with zero attached hydrogens (tertiary/aromatic N) is 2. The quantitative estimate of drug-likeness (QED) is 0.487. The van der Waals surface area contributed by atoms with Gasteiger partial charge >= 0.3 is 5.69 Å². The third-order valence-corrected chi connectivity index (χ3v) is 2.33. The average Bonchev–Trinajstić information content (AvgIpc) is 2.26. The van der Waals surface area contributed by atoms with Gasteiger partial charge in [0.2, 0.25) is 5.75 Å². The Balaban J connectivity index is 3.43. The number of aromatic nitrogens is 1. The molecule has 0 N–H and O–H groups in total. The lowest BCUT2D eigenvalue weighted by Crippen LogP contribution is -2.03. The van der Waals surface area contributed by atoms with E-state index >= 15 is 0 Å². The smallest absolute Gasteiger partial charge is 0.333 e. The van der Waals surface area contributed by atoms with E-state index in [9.17, 15) is 18.9 Å². The van der Waals surface area contributed by atoms with E-state index in [0.29, 0.717) is 0 Å². The van der Waals surface area contributed by atoms with Crippen LogP contribution in [0.3, 0.4) is 0 Å². The van der Waals surface area contributed by atoms with E-state index in [1.807, 2.05) is 0 Å². The molecule has 0 fully saturated rings. The Morgan fingerprint density at radius 1 is 1.69 bits per heavy atom. The van der Waals surface area contributed by atoms with Gasteiger partial charge in [-0.2, -0.15) is 0 Å². The number of alkyl halides is 3.